The van der Waals surface area contributed by atoms with E-state index in [0.717, 1.165) is 0 Å². The van der Waals surface area contributed by atoms with Gasteiger partial charge in [0.1, 0.15) is 62.7 Å². The maximum Gasteiger partial charge on any atom is 0.311 e. The first kappa shape index (κ1) is 61.4. The van der Waals surface area contributed by atoms with Gasteiger partial charge in [-0.2, -0.15) is 0 Å². The maximum absolute atomic E-state index is 12.7. The molecule has 2 N–H and O–H groups in total. The number of nitrogens with zero attached hydrogens (tertiary/aromatic N) is 2. The van der Waals surface area contributed by atoms with Crippen LogP contribution in [0.5, 0.6) is 11.5 Å². The third-order valence-electron chi connectivity index (χ3n) is 8.73. The Labute approximate surface area is 402 Å². The van der Waals surface area contributed by atoms with Crippen molar-refractivity contribution in [3.63, 3.8) is 0 Å². The van der Waals surface area contributed by atoms with Crippen LogP contribution in [0, 0.1) is 105 Å². The second kappa shape index (κ2) is 37.5. The van der Waals surface area contributed by atoms with Gasteiger partial charge in [-0.3, -0.25) is 39.4 Å². The van der Waals surface area contributed by atoms with Gasteiger partial charge in [0.15, 0.2) is 0 Å². The molecule has 2 aromatic rings. The van der Waals surface area contributed by atoms with Gasteiger partial charge in [-0.05, 0) is 37.1 Å². The van der Waals surface area contributed by atoms with Gasteiger partial charge >= 0.3 is 11.9 Å². The molecule has 0 bridgehead atoms. The number of aliphatic carboxylic acids is 1. The van der Waals surface area contributed by atoms with Gasteiger partial charge < -0.3 is 43.4 Å². The zero-order valence-electron chi connectivity index (χ0n) is 38.1. The molecule has 19 nitrogen and oxygen atoms in total. The third kappa shape index (κ3) is 30.4. The molecule has 19 heteroatoms. The van der Waals surface area contributed by atoms with E-state index in [4.69, 9.17) is 81.9 Å². The quantitative estimate of drug-likeness (QED) is 0.0238. The largest absolute Gasteiger partial charge is 0.508 e. The van der Waals surface area contributed by atoms with Crippen LogP contribution in [0.1, 0.15) is 51.4 Å². The second-order valence-electron chi connectivity index (χ2n) is 14.7. The molecule has 0 amide bonds. The fraction of sp³-hybridized carbons (Fsp3) is 0.440. The van der Waals surface area contributed by atoms with Crippen molar-refractivity contribution in [2.24, 2.45) is 10.8 Å². The van der Waals surface area contributed by atoms with Crippen LogP contribution in [-0.2, 0) is 47.6 Å². The molecule has 0 aliphatic heterocycles. The fourth-order valence-corrected chi connectivity index (χ4v) is 5.79. The number of ether oxygens (including phenoxy) is 7. The number of phenolic OH excluding ortho intramolecular Hbond substituents is 1. The van der Waals surface area contributed by atoms with Crippen molar-refractivity contribution in [2.75, 3.05) is 79.3 Å². The van der Waals surface area contributed by atoms with Crippen molar-refractivity contribution in [2.45, 2.75) is 51.4 Å². The number of nitro benzene ring substituents is 2. The number of phenols is 1. The molecule has 0 saturated heterocycles. The average Bonchev–Trinajstić information content (AvgIpc) is 3.30. The number of nitro groups is 2. The highest BCUT2D eigenvalue weighted by Gasteiger charge is 2.35. The first-order chi connectivity index (χ1) is 33.0. The molecule has 0 radical (unpaired) electrons. The van der Waals surface area contributed by atoms with Gasteiger partial charge in [-0.25, -0.2) is 0 Å². The predicted molar refractivity (Wildman–Crippen MR) is 251 cm³/mol. The van der Waals surface area contributed by atoms with Crippen molar-refractivity contribution >= 4 is 34.9 Å². The Morgan fingerprint density at radius 2 is 0.812 bits per heavy atom. The summed E-state index contributed by atoms with van der Waals surface area (Å²) in [4.78, 5) is 67.2. The SMILES string of the molecule is C#CCOCC(COCC#C)(COCC#C)CC(=O)CCCC(=O)O.C#CCOCC(COCC#C)(COCC#C)CC(=O)CCCC(=O)Oc1ccc([N+](=O)[O-])cc1.O=[N+]([O-])c1ccc(O)cc1. The highest BCUT2D eigenvalue weighted by atomic mass is 16.6. The van der Waals surface area contributed by atoms with E-state index in [1.165, 1.54) is 48.5 Å². The summed E-state index contributed by atoms with van der Waals surface area (Å²) in [6.45, 7) is 1.10. The number of carbonyl (C=O) groups is 4. The Bertz CT molecular complexity index is 2060. The molecule has 368 valence electrons. The zero-order valence-corrected chi connectivity index (χ0v) is 38.1. The lowest BCUT2D eigenvalue weighted by molar-refractivity contribution is -0.385. The Balaban J connectivity index is 0.00000115. The van der Waals surface area contributed by atoms with E-state index in [9.17, 15) is 39.4 Å². The average molecular weight is 957 g/mol. The van der Waals surface area contributed by atoms with E-state index in [1.807, 2.05) is 0 Å². The Hall–Kier alpha value is -7.56. The molecule has 0 atom stereocenters. The smallest absolute Gasteiger partial charge is 0.311 e. The van der Waals surface area contributed by atoms with Crippen LogP contribution < -0.4 is 4.74 Å². The Morgan fingerprint density at radius 1 is 0.507 bits per heavy atom. The molecular weight excluding hydrogens is 901 g/mol. The van der Waals surface area contributed by atoms with Crippen molar-refractivity contribution < 1.29 is 72.4 Å². The van der Waals surface area contributed by atoms with E-state index in [1.54, 1.807) is 0 Å². The highest BCUT2D eigenvalue weighted by Crippen LogP contribution is 2.28. The van der Waals surface area contributed by atoms with Gasteiger partial charge in [0, 0.05) is 73.6 Å². The summed E-state index contributed by atoms with van der Waals surface area (Å²) in [5.74, 6) is 12.6. The van der Waals surface area contributed by atoms with E-state index >= 15 is 0 Å². The number of carboxylic acid groups (broad SMARTS) is 1. The van der Waals surface area contributed by atoms with Gasteiger partial charge in [-0.1, -0.05) is 35.5 Å². The van der Waals surface area contributed by atoms with Gasteiger partial charge in [0.2, 0.25) is 0 Å². The Morgan fingerprint density at radius 3 is 1.10 bits per heavy atom. The van der Waals surface area contributed by atoms with Crippen LogP contribution in [0.4, 0.5) is 11.4 Å². The molecule has 69 heavy (non-hydrogen) atoms. The van der Waals surface area contributed by atoms with Gasteiger partial charge in [0.05, 0.1) is 49.5 Å². The zero-order chi connectivity index (χ0) is 51.8. The van der Waals surface area contributed by atoms with Gasteiger partial charge in [-0.15, -0.1) is 38.5 Å². The van der Waals surface area contributed by atoms with Crippen LogP contribution in [0.2, 0.25) is 0 Å². The number of carboxylic acids is 1. The first-order valence-electron chi connectivity index (χ1n) is 20.8. The fourth-order valence-electron chi connectivity index (χ4n) is 5.79. The van der Waals surface area contributed by atoms with Crippen LogP contribution in [0.15, 0.2) is 48.5 Å². The molecule has 2 rings (SSSR count). The number of ketones is 2. The number of benzene rings is 2. The Kier molecular flexibility index (Phi) is 33.4. The predicted octanol–water partition coefficient (Wildman–Crippen LogP) is 5.00. The van der Waals surface area contributed by atoms with Gasteiger partial charge in [0.25, 0.3) is 11.4 Å². The normalized spacial score (nSPS) is 10.3. The number of hydrogen-bond donors (Lipinski definition) is 2. The van der Waals surface area contributed by atoms with E-state index < -0.39 is 32.6 Å². The minimum Gasteiger partial charge on any atom is -0.508 e. The number of terminal acetylenes is 6. The van der Waals surface area contributed by atoms with E-state index in [2.05, 4.69) is 35.5 Å². The molecule has 0 aliphatic carbocycles. The summed E-state index contributed by atoms with van der Waals surface area (Å²) >= 11 is 0. The summed E-state index contributed by atoms with van der Waals surface area (Å²) in [6, 6.07) is 10.2. The molecule has 0 unspecified atom stereocenters. The maximum atomic E-state index is 12.7. The topological polar surface area (TPSA) is 260 Å². The monoisotopic (exact) mass is 956 g/mol. The van der Waals surface area contributed by atoms with E-state index in [-0.39, 0.29) is 165 Å². The number of aromatic hydroxyl groups is 1. The lowest BCUT2D eigenvalue weighted by atomic mass is 9.84. The number of rotatable bonds is 33. The lowest BCUT2D eigenvalue weighted by Gasteiger charge is -2.32. The molecule has 2 aromatic carbocycles. The molecule has 0 aliphatic rings. The van der Waals surface area contributed by atoms with Crippen molar-refractivity contribution in [1.82, 2.24) is 0 Å². The van der Waals surface area contributed by atoms with Crippen LogP contribution >= 0.6 is 0 Å². The number of Topliss-reactive ketones (excluding diaryl/α,β-unsaturated/α-hetero) is 2. The summed E-state index contributed by atoms with van der Waals surface area (Å²) in [7, 11) is 0. The summed E-state index contributed by atoms with van der Waals surface area (Å²) in [6.07, 6.45) is 32.1. The summed E-state index contributed by atoms with van der Waals surface area (Å²) in [5, 5.41) is 38.1. The first-order valence-corrected chi connectivity index (χ1v) is 20.8. The summed E-state index contributed by atoms with van der Waals surface area (Å²) < 4.78 is 37.8. The molecule has 0 spiro atoms. The minimum atomic E-state index is -0.939. The molecule has 0 fully saturated rings. The van der Waals surface area contributed by atoms with E-state index in [0.29, 0.717) is 0 Å². The van der Waals surface area contributed by atoms with Crippen molar-refractivity contribution in [3.8, 4) is 85.6 Å². The highest BCUT2D eigenvalue weighted by molar-refractivity contribution is 5.80. The van der Waals surface area contributed by atoms with Crippen molar-refractivity contribution in [1.29, 1.82) is 0 Å². The van der Waals surface area contributed by atoms with Crippen LogP contribution in [0.3, 0.4) is 0 Å². The van der Waals surface area contributed by atoms with Crippen LogP contribution in [-0.4, -0.2) is 123 Å². The van der Waals surface area contributed by atoms with Crippen molar-refractivity contribution in [3.05, 3.63) is 68.8 Å². The standard InChI is InChI=1S/C25H27NO8.C19H24O6.C6H5NO3/c1-4-14-31-18-25(19-32-15-5-2,20-33-16-6-3)17-22(27)8-7-9-24(28)34-23-12-10-21(11-13-23)26(29)30;1-4-10-23-14-19(15-24-11-5-2,16-25-12-6-3)13-17(20)8-7-9-18(21)22;8-6-3-1-5(2-4-6)7(9)10/h1-3,10-13H,7-9,14-20H2;1-3H,7-16H2,(H,21,22);1-4,8H. The number of carbonyl (C=O) groups excluding carboxylic acids is 3. The minimum absolute atomic E-state index is 0.00942. The molecular formula is C50H56N2O17. The molecule has 0 heterocycles. The number of non-ortho nitro benzene ring substituents is 2. The molecule has 0 saturated carbocycles. The molecule has 0 aromatic heterocycles. The van der Waals surface area contributed by atoms with Crippen LogP contribution in [0.25, 0.3) is 0 Å². The lowest BCUT2D eigenvalue weighted by Crippen LogP contribution is -2.39. The third-order valence-corrected chi connectivity index (χ3v) is 8.73. The second-order valence-corrected chi connectivity index (χ2v) is 14.7. The summed E-state index contributed by atoms with van der Waals surface area (Å²) in [5.41, 5.74) is -1.76. The number of esters is 1. The number of hydrogen-bond acceptors (Lipinski definition) is 16.